The lowest BCUT2D eigenvalue weighted by molar-refractivity contribution is -0.150. The van der Waals surface area contributed by atoms with Crippen molar-refractivity contribution in [2.45, 2.75) is 58.5 Å². The lowest BCUT2D eigenvalue weighted by Gasteiger charge is -2.57. The van der Waals surface area contributed by atoms with Gasteiger partial charge in [-0.25, -0.2) is 0 Å². The number of hydrogen-bond donors (Lipinski definition) is 1. The minimum Gasteiger partial charge on any atom is -0.389 e. The SMILES string of the molecule is C[C@]12C=C[C@H](O)CC1CC(=O)[C@@H]1[C@@H]2CC[C@]2(C)C(=O)CC[C@@H]12. The molecule has 7 atom stereocenters. The molecule has 120 valence electrons. The third-order valence-electron chi connectivity index (χ3n) is 7.68. The predicted octanol–water partition coefficient (Wildman–Crippen LogP) is 2.91. The maximum atomic E-state index is 12.9. The first kappa shape index (κ1) is 14.6. The maximum absolute atomic E-state index is 12.9. The van der Waals surface area contributed by atoms with Gasteiger partial charge >= 0.3 is 0 Å². The lowest BCUT2D eigenvalue weighted by Crippen LogP contribution is -2.56. The Bertz CT molecular complexity index is 565. The number of allylic oxidation sites excluding steroid dienone is 1. The quantitative estimate of drug-likeness (QED) is 0.700. The second-order valence-electron chi connectivity index (χ2n) is 8.55. The van der Waals surface area contributed by atoms with Crippen LogP contribution in [0.3, 0.4) is 0 Å². The van der Waals surface area contributed by atoms with E-state index in [1.807, 2.05) is 6.08 Å². The molecule has 0 aromatic heterocycles. The fourth-order valence-electron chi connectivity index (χ4n) is 6.25. The molecule has 0 aliphatic heterocycles. The Labute approximate surface area is 132 Å². The number of carbonyl (C=O) groups is 2. The number of carbonyl (C=O) groups excluding carboxylic acids is 2. The van der Waals surface area contributed by atoms with Crippen molar-refractivity contribution >= 4 is 11.6 Å². The van der Waals surface area contributed by atoms with Crippen LogP contribution in [0.2, 0.25) is 0 Å². The van der Waals surface area contributed by atoms with Gasteiger partial charge in [-0.1, -0.05) is 26.0 Å². The van der Waals surface area contributed by atoms with Gasteiger partial charge in [-0.05, 0) is 48.9 Å². The lowest BCUT2D eigenvalue weighted by atomic mass is 9.46. The molecular weight excluding hydrogens is 276 g/mol. The van der Waals surface area contributed by atoms with Gasteiger partial charge < -0.3 is 5.11 Å². The van der Waals surface area contributed by atoms with E-state index in [4.69, 9.17) is 0 Å². The summed E-state index contributed by atoms with van der Waals surface area (Å²) in [4.78, 5) is 25.3. The molecule has 4 aliphatic rings. The molecule has 0 radical (unpaired) electrons. The van der Waals surface area contributed by atoms with E-state index >= 15 is 0 Å². The summed E-state index contributed by atoms with van der Waals surface area (Å²) in [6.45, 7) is 4.38. The number of hydrogen-bond acceptors (Lipinski definition) is 3. The van der Waals surface area contributed by atoms with Gasteiger partial charge in [0.2, 0.25) is 0 Å². The van der Waals surface area contributed by atoms with E-state index in [-0.39, 0.29) is 28.6 Å². The van der Waals surface area contributed by atoms with Crippen molar-refractivity contribution in [1.29, 1.82) is 0 Å². The van der Waals surface area contributed by atoms with Crippen LogP contribution in [-0.2, 0) is 9.59 Å². The topological polar surface area (TPSA) is 54.4 Å². The largest absolute Gasteiger partial charge is 0.389 e. The van der Waals surface area contributed by atoms with Crippen molar-refractivity contribution in [2.75, 3.05) is 0 Å². The third kappa shape index (κ3) is 1.72. The molecule has 1 N–H and O–H groups in total. The van der Waals surface area contributed by atoms with Gasteiger partial charge in [0, 0.05) is 24.2 Å². The van der Waals surface area contributed by atoms with Crippen LogP contribution in [0.1, 0.15) is 52.4 Å². The monoisotopic (exact) mass is 302 g/mol. The average Bonchev–Trinajstić information content (AvgIpc) is 2.77. The minimum absolute atomic E-state index is 0.0186. The van der Waals surface area contributed by atoms with Crippen molar-refractivity contribution in [3.05, 3.63) is 12.2 Å². The Balaban J connectivity index is 1.74. The molecule has 3 saturated carbocycles. The molecular formula is C19H26O3. The molecule has 0 saturated heterocycles. The van der Waals surface area contributed by atoms with Gasteiger partial charge in [-0.3, -0.25) is 9.59 Å². The highest BCUT2D eigenvalue weighted by atomic mass is 16.3. The van der Waals surface area contributed by atoms with Crippen LogP contribution in [0.4, 0.5) is 0 Å². The molecule has 4 aliphatic carbocycles. The van der Waals surface area contributed by atoms with Crippen molar-refractivity contribution in [2.24, 2.45) is 34.5 Å². The van der Waals surface area contributed by atoms with Crippen LogP contribution in [0, 0.1) is 34.5 Å². The first-order valence-electron chi connectivity index (χ1n) is 8.80. The molecule has 0 heterocycles. The van der Waals surface area contributed by atoms with E-state index in [1.165, 1.54) is 0 Å². The fraction of sp³-hybridized carbons (Fsp3) is 0.789. The molecule has 4 rings (SSSR count). The van der Waals surface area contributed by atoms with Gasteiger partial charge in [-0.15, -0.1) is 0 Å². The highest BCUT2D eigenvalue weighted by Crippen LogP contribution is 2.63. The summed E-state index contributed by atoms with van der Waals surface area (Å²) < 4.78 is 0. The number of ketones is 2. The molecule has 22 heavy (non-hydrogen) atoms. The van der Waals surface area contributed by atoms with Gasteiger partial charge in [0.25, 0.3) is 0 Å². The number of rotatable bonds is 0. The van der Waals surface area contributed by atoms with Gasteiger partial charge in [-0.2, -0.15) is 0 Å². The average molecular weight is 302 g/mol. The molecule has 0 spiro atoms. The zero-order valence-electron chi connectivity index (χ0n) is 13.5. The van der Waals surface area contributed by atoms with Crippen molar-refractivity contribution in [3.63, 3.8) is 0 Å². The first-order chi connectivity index (χ1) is 10.4. The summed E-state index contributed by atoms with van der Waals surface area (Å²) in [7, 11) is 0. The standard InChI is InChI=1S/C19H26O3/c1-18-7-5-12(20)9-11(18)10-15(21)17-13-3-4-16(22)19(13,2)8-6-14(17)18/h5,7,11-14,17,20H,3-4,6,8-10H2,1-2H3/t11?,12-,13-,14-,17-,18-,19-/m0/s1. The fourth-order valence-corrected chi connectivity index (χ4v) is 6.25. The summed E-state index contributed by atoms with van der Waals surface area (Å²) in [5.74, 6) is 1.68. The normalized spacial score (nSPS) is 53.9. The Kier molecular flexibility index (Phi) is 3.01. The van der Waals surface area contributed by atoms with Crippen LogP contribution >= 0.6 is 0 Å². The highest BCUT2D eigenvalue weighted by molar-refractivity contribution is 5.90. The second-order valence-corrected chi connectivity index (χ2v) is 8.55. The molecule has 0 aromatic carbocycles. The molecule has 3 nitrogen and oxygen atoms in total. The highest BCUT2D eigenvalue weighted by Gasteiger charge is 2.62. The Morgan fingerprint density at radius 3 is 2.73 bits per heavy atom. The minimum atomic E-state index is -0.399. The first-order valence-corrected chi connectivity index (χ1v) is 8.80. The number of aliphatic hydroxyl groups excluding tert-OH is 1. The summed E-state index contributed by atoms with van der Waals surface area (Å²) >= 11 is 0. The number of fused-ring (bicyclic) bond motifs is 5. The zero-order chi connectivity index (χ0) is 15.7. The molecule has 3 fully saturated rings. The van der Waals surface area contributed by atoms with Crippen molar-refractivity contribution < 1.29 is 14.7 Å². The summed E-state index contributed by atoms with van der Waals surface area (Å²) in [6, 6.07) is 0. The van der Waals surface area contributed by atoms with E-state index < -0.39 is 6.10 Å². The summed E-state index contributed by atoms with van der Waals surface area (Å²) in [6.07, 6.45) is 8.48. The zero-order valence-corrected chi connectivity index (χ0v) is 13.5. The van der Waals surface area contributed by atoms with Gasteiger partial charge in [0.15, 0.2) is 0 Å². The Hall–Kier alpha value is -0.960. The van der Waals surface area contributed by atoms with E-state index in [1.54, 1.807) is 0 Å². The molecule has 0 amide bonds. The number of aliphatic hydroxyl groups is 1. The summed E-state index contributed by atoms with van der Waals surface area (Å²) in [5, 5.41) is 9.93. The third-order valence-corrected chi connectivity index (χ3v) is 7.68. The predicted molar refractivity (Wildman–Crippen MR) is 83.0 cm³/mol. The summed E-state index contributed by atoms with van der Waals surface area (Å²) in [5.41, 5.74) is -0.233. The van der Waals surface area contributed by atoms with Crippen LogP contribution in [0.25, 0.3) is 0 Å². The van der Waals surface area contributed by atoms with E-state index in [2.05, 4.69) is 19.9 Å². The maximum Gasteiger partial charge on any atom is 0.139 e. The second kappa shape index (κ2) is 4.53. The van der Waals surface area contributed by atoms with Crippen LogP contribution in [-0.4, -0.2) is 22.8 Å². The van der Waals surface area contributed by atoms with E-state index in [0.717, 1.165) is 19.3 Å². The molecule has 1 unspecified atom stereocenters. The van der Waals surface area contributed by atoms with E-state index in [9.17, 15) is 14.7 Å². The van der Waals surface area contributed by atoms with Crippen LogP contribution in [0.5, 0.6) is 0 Å². The molecule has 3 heteroatoms. The Morgan fingerprint density at radius 2 is 1.95 bits per heavy atom. The number of Topliss-reactive ketones (excluding diaryl/α,β-unsaturated/α-hetero) is 2. The van der Waals surface area contributed by atoms with Crippen molar-refractivity contribution in [1.82, 2.24) is 0 Å². The Morgan fingerprint density at radius 1 is 1.18 bits per heavy atom. The smallest absolute Gasteiger partial charge is 0.139 e. The van der Waals surface area contributed by atoms with Crippen LogP contribution in [0.15, 0.2) is 12.2 Å². The van der Waals surface area contributed by atoms with Crippen LogP contribution < -0.4 is 0 Å². The van der Waals surface area contributed by atoms with E-state index in [0.29, 0.717) is 36.7 Å². The molecule has 0 bridgehead atoms. The molecule has 0 aromatic rings. The van der Waals surface area contributed by atoms with Gasteiger partial charge in [0.05, 0.1) is 6.10 Å². The van der Waals surface area contributed by atoms with Crippen molar-refractivity contribution in [3.8, 4) is 0 Å². The van der Waals surface area contributed by atoms with Gasteiger partial charge in [0.1, 0.15) is 11.6 Å².